The first kappa shape index (κ1) is 13.2. The third-order valence-corrected chi connectivity index (χ3v) is 2.92. The van der Waals surface area contributed by atoms with Crippen molar-refractivity contribution in [2.24, 2.45) is 5.92 Å². The Morgan fingerprint density at radius 2 is 1.81 bits per heavy atom. The average molecular weight is 223 g/mol. The molecule has 90 valence electrons. The second-order valence-electron chi connectivity index (χ2n) is 4.58. The van der Waals surface area contributed by atoms with E-state index in [1.807, 2.05) is 12.1 Å². The number of hydrogen-bond donors (Lipinski definition) is 1. The van der Waals surface area contributed by atoms with E-state index in [0.717, 1.165) is 12.1 Å². The van der Waals surface area contributed by atoms with Crippen molar-refractivity contribution >= 4 is 0 Å². The van der Waals surface area contributed by atoms with Crippen molar-refractivity contribution in [2.75, 3.05) is 6.54 Å². The minimum absolute atomic E-state index is 0.171. The molecule has 0 amide bonds. The summed E-state index contributed by atoms with van der Waals surface area (Å²) in [6, 6.07) is 7.01. The van der Waals surface area contributed by atoms with Crippen LogP contribution in [0.3, 0.4) is 0 Å². The fourth-order valence-electron chi connectivity index (χ4n) is 1.84. The van der Waals surface area contributed by atoms with Crippen molar-refractivity contribution in [1.82, 2.24) is 5.32 Å². The number of hydrogen-bond acceptors (Lipinski definition) is 1. The minimum atomic E-state index is -0.171. The second-order valence-corrected chi connectivity index (χ2v) is 4.58. The molecular formula is C14H22FN. The van der Waals surface area contributed by atoms with Crippen LogP contribution in [-0.2, 0) is 0 Å². The van der Waals surface area contributed by atoms with Crippen LogP contribution in [0.5, 0.6) is 0 Å². The molecule has 0 aliphatic heterocycles. The van der Waals surface area contributed by atoms with Gasteiger partial charge < -0.3 is 5.32 Å². The highest BCUT2D eigenvalue weighted by Gasteiger charge is 2.06. The van der Waals surface area contributed by atoms with Crippen molar-refractivity contribution in [3.05, 3.63) is 35.6 Å². The molecule has 16 heavy (non-hydrogen) atoms. The molecule has 0 heterocycles. The normalized spacial score (nSPS) is 14.8. The summed E-state index contributed by atoms with van der Waals surface area (Å²) in [5, 5.41) is 3.48. The van der Waals surface area contributed by atoms with Crippen molar-refractivity contribution < 1.29 is 4.39 Å². The lowest BCUT2D eigenvalue weighted by molar-refractivity contribution is 0.444. The van der Waals surface area contributed by atoms with E-state index in [9.17, 15) is 4.39 Å². The lowest BCUT2D eigenvalue weighted by atomic mass is 10.0. The van der Waals surface area contributed by atoms with Gasteiger partial charge in [-0.3, -0.25) is 0 Å². The van der Waals surface area contributed by atoms with Crippen LogP contribution in [0.4, 0.5) is 4.39 Å². The summed E-state index contributed by atoms with van der Waals surface area (Å²) in [6.45, 7) is 7.60. The van der Waals surface area contributed by atoms with Gasteiger partial charge in [-0.1, -0.05) is 32.4 Å². The molecule has 0 aliphatic carbocycles. The summed E-state index contributed by atoms with van der Waals surface area (Å²) in [6.07, 6.45) is 2.48. The van der Waals surface area contributed by atoms with Crippen LogP contribution < -0.4 is 5.32 Å². The van der Waals surface area contributed by atoms with Crippen LogP contribution in [0.1, 0.15) is 45.2 Å². The number of nitrogens with one attached hydrogen (secondary N) is 1. The number of rotatable bonds is 6. The van der Waals surface area contributed by atoms with E-state index in [4.69, 9.17) is 0 Å². The molecule has 1 aromatic rings. The maximum absolute atomic E-state index is 12.7. The van der Waals surface area contributed by atoms with E-state index in [1.165, 1.54) is 25.0 Å². The van der Waals surface area contributed by atoms with E-state index in [0.29, 0.717) is 12.0 Å². The molecule has 1 N–H and O–H groups in total. The predicted octanol–water partition coefficient (Wildman–Crippen LogP) is 3.91. The first-order chi connectivity index (χ1) is 7.63. The van der Waals surface area contributed by atoms with E-state index in [1.54, 1.807) is 0 Å². The predicted molar refractivity (Wildman–Crippen MR) is 66.9 cm³/mol. The Bertz CT molecular complexity index is 294. The molecule has 1 nitrogen and oxygen atoms in total. The Hall–Kier alpha value is -0.890. The minimum Gasteiger partial charge on any atom is -0.310 e. The zero-order chi connectivity index (χ0) is 12.0. The van der Waals surface area contributed by atoms with Crippen LogP contribution >= 0.6 is 0 Å². The third kappa shape index (κ3) is 4.31. The van der Waals surface area contributed by atoms with Crippen LogP contribution in [0.25, 0.3) is 0 Å². The van der Waals surface area contributed by atoms with E-state index < -0.39 is 0 Å². The molecule has 0 saturated carbocycles. The highest BCUT2D eigenvalue weighted by atomic mass is 19.1. The van der Waals surface area contributed by atoms with Crippen LogP contribution in [-0.4, -0.2) is 6.54 Å². The standard InChI is InChI=1S/C14H22FN/c1-4-5-11(2)10-16-12(3)13-6-8-14(15)9-7-13/h6-9,11-12,16H,4-5,10H2,1-3H3/t11?,12-/m0/s1. The van der Waals surface area contributed by atoms with Gasteiger partial charge in [-0.25, -0.2) is 4.39 Å². The lowest BCUT2D eigenvalue weighted by Crippen LogP contribution is -2.24. The molecule has 0 saturated heterocycles. The van der Waals surface area contributed by atoms with Crippen molar-refractivity contribution in [2.45, 2.75) is 39.7 Å². The Kier molecular flexibility index (Phi) is 5.47. The van der Waals surface area contributed by atoms with Crippen LogP contribution in [0.15, 0.2) is 24.3 Å². The van der Waals surface area contributed by atoms with Gasteiger partial charge in [0.2, 0.25) is 0 Å². The Labute approximate surface area is 98.1 Å². The molecule has 2 heteroatoms. The highest BCUT2D eigenvalue weighted by Crippen LogP contribution is 2.13. The van der Waals surface area contributed by atoms with E-state index in [-0.39, 0.29) is 5.82 Å². The quantitative estimate of drug-likeness (QED) is 0.771. The fourth-order valence-corrected chi connectivity index (χ4v) is 1.84. The Morgan fingerprint density at radius 3 is 2.38 bits per heavy atom. The summed E-state index contributed by atoms with van der Waals surface area (Å²) >= 11 is 0. The Balaban J connectivity index is 2.40. The molecule has 0 bridgehead atoms. The first-order valence-corrected chi connectivity index (χ1v) is 6.12. The summed E-state index contributed by atoms with van der Waals surface area (Å²) in [5.74, 6) is 0.531. The van der Waals surface area contributed by atoms with E-state index >= 15 is 0 Å². The van der Waals surface area contributed by atoms with E-state index in [2.05, 4.69) is 26.1 Å². The summed E-state index contributed by atoms with van der Waals surface area (Å²) in [7, 11) is 0. The maximum Gasteiger partial charge on any atom is 0.123 e. The molecule has 2 atom stereocenters. The zero-order valence-electron chi connectivity index (χ0n) is 10.5. The van der Waals surface area contributed by atoms with Gasteiger partial charge in [0.25, 0.3) is 0 Å². The molecule has 0 aliphatic rings. The first-order valence-electron chi connectivity index (χ1n) is 6.12. The molecule has 1 rings (SSSR count). The molecule has 1 aromatic carbocycles. The lowest BCUT2D eigenvalue weighted by Gasteiger charge is -2.17. The number of halogens is 1. The summed E-state index contributed by atoms with van der Waals surface area (Å²) in [5.41, 5.74) is 1.14. The highest BCUT2D eigenvalue weighted by molar-refractivity contribution is 5.19. The maximum atomic E-state index is 12.7. The molecule has 0 radical (unpaired) electrons. The Morgan fingerprint density at radius 1 is 1.19 bits per heavy atom. The van der Waals surface area contributed by atoms with Gasteiger partial charge in [0.1, 0.15) is 5.82 Å². The van der Waals surface area contributed by atoms with Gasteiger partial charge >= 0.3 is 0 Å². The van der Waals surface area contributed by atoms with Gasteiger partial charge in [0, 0.05) is 6.04 Å². The van der Waals surface area contributed by atoms with Gasteiger partial charge in [0.15, 0.2) is 0 Å². The molecular weight excluding hydrogens is 201 g/mol. The molecule has 0 spiro atoms. The largest absolute Gasteiger partial charge is 0.310 e. The molecule has 0 fully saturated rings. The second kappa shape index (κ2) is 6.64. The molecule has 1 unspecified atom stereocenters. The SMILES string of the molecule is CCCC(C)CN[C@@H](C)c1ccc(F)cc1. The van der Waals surface area contributed by atoms with Gasteiger partial charge in [-0.15, -0.1) is 0 Å². The van der Waals surface area contributed by atoms with Gasteiger partial charge in [0.05, 0.1) is 0 Å². The third-order valence-electron chi connectivity index (χ3n) is 2.92. The van der Waals surface area contributed by atoms with Crippen LogP contribution in [0, 0.1) is 11.7 Å². The monoisotopic (exact) mass is 223 g/mol. The van der Waals surface area contributed by atoms with Crippen molar-refractivity contribution in [3.8, 4) is 0 Å². The fraction of sp³-hybridized carbons (Fsp3) is 0.571. The van der Waals surface area contributed by atoms with Gasteiger partial charge in [-0.2, -0.15) is 0 Å². The van der Waals surface area contributed by atoms with Crippen molar-refractivity contribution in [3.63, 3.8) is 0 Å². The molecule has 0 aromatic heterocycles. The van der Waals surface area contributed by atoms with Gasteiger partial charge in [-0.05, 0) is 43.5 Å². The summed E-state index contributed by atoms with van der Waals surface area (Å²) < 4.78 is 12.7. The van der Waals surface area contributed by atoms with Crippen molar-refractivity contribution in [1.29, 1.82) is 0 Å². The zero-order valence-corrected chi connectivity index (χ0v) is 10.5. The van der Waals surface area contributed by atoms with Crippen LogP contribution in [0.2, 0.25) is 0 Å². The topological polar surface area (TPSA) is 12.0 Å². The summed E-state index contributed by atoms with van der Waals surface area (Å²) in [4.78, 5) is 0. The smallest absolute Gasteiger partial charge is 0.123 e. The average Bonchev–Trinajstić information content (AvgIpc) is 2.27. The number of benzene rings is 1.